The molecule has 1 aromatic heterocycles. The summed E-state index contributed by atoms with van der Waals surface area (Å²) < 4.78 is 19.5. The van der Waals surface area contributed by atoms with Crippen molar-refractivity contribution in [3.63, 3.8) is 0 Å². The van der Waals surface area contributed by atoms with Gasteiger partial charge >= 0.3 is 0 Å². The van der Waals surface area contributed by atoms with Crippen LogP contribution in [0.15, 0.2) is 24.4 Å². The highest BCUT2D eigenvalue weighted by Crippen LogP contribution is 2.23. The zero-order chi connectivity index (χ0) is 16.4. The van der Waals surface area contributed by atoms with Gasteiger partial charge in [0.15, 0.2) is 0 Å². The first-order chi connectivity index (χ1) is 11.0. The average molecular weight is 338 g/mol. The van der Waals surface area contributed by atoms with Crippen molar-refractivity contribution in [2.75, 3.05) is 19.7 Å². The van der Waals surface area contributed by atoms with Gasteiger partial charge in [0.25, 0.3) is 0 Å². The van der Waals surface area contributed by atoms with Gasteiger partial charge in [0.05, 0.1) is 19.6 Å². The number of aromatic nitrogens is 2. The number of H-pyrrole nitrogens is 1. The van der Waals surface area contributed by atoms with Gasteiger partial charge in [-0.1, -0.05) is 17.7 Å². The zero-order valence-corrected chi connectivity index (χ0v) is 13.4. The molecule has 1 atom stereocenters. The van der Waals surface area contributed by atoms with E-state index in [9.17, 15) is 9.18 Å². The van der Waals surface area contributed by atoms with Crippen LogP contribution < -0.4 is 0 Å². The van der Waals surface area contributed by atoms with Crippen LogP contribution in [0, 0.1) is 12.7 Å². The van der Waals surface area contributed by atoms with Gasteiger partial charge in [0, 0.05) is 29.0 Å². The summed E-state index contributed by atoms with van der Waals surface area (Å²) in [5.41, 5.74) is 1.17. The Labute approximate surface area is 138 Å². The number of morpholine rings is 1. The number of nitrogens with zero attached hydrogens (tertiary/aromatic N) is 2. The molecule has 0 saturated carbocycles. The minimum Gasteiger partial charge on any atom is -0.367 e. The Morgan fingerprint density at radius 3 is 3.09 bits per heavy atom. The Morgan fingerprint density at radius 2 is 2.39 bits per heavy atom. The van der Waals surface area contributed by atoms with Gasteiger partial charge in [-0.3, -0.25) is 4.79 Å². The fourth-order valence-electron chi connectivity index (χ4n) is 2.60. The van der Waals surface area contributed by atoms with Gasteiger partial charge in [-0.2, -0.15) is 0 Å². The predicted octanol–water partition coefficient (Wildman–Crippen LogP) is 2.65. The van der Waals surface area contributed by atoms with Crippen LogP contribution in [-0.4, -0.2) is 40.5 Å². The van der Waals surface area contributed by atoms with Crippen LogP contribution in [0.5, 0.6) is 0 Å². The topological polar surface area (TPSA) is 58.2 Å². The van der Waals surface area contributed by atoms with Gasteiger partial charge in [0.2, 0.25) is 5.91 Å². The van der Waals surface area contributed by atoms with Gasteiger partial charge in [-0.15, -0.1) is 0 Å². The molecule has 1 amide bonds. The average Bonchev–Trinajstić information content (AvgIpc) is 2.97. The molecule has 2 aromatic rings. The van der Waals surface area contributed by atoms with Gasteiger partial charge in [0.1, 0.15) is 17.7 Å². The second-order valence-electron chi connectivity index (χ2n) is 5.53. The van der Waals surface area contributed by atoms with Crippen LogP contribution in [0.3, 0.4) is 0 Å². The molecular formula is C16H17ClFN3O2. The van der Waals surface area contributed by atoms with Gasteiger partial charge in [-0.05, 0) is 19.1 Å². The smallest absolute Gasteiger partial charge is 0.227 e. The SMILES string of the molecule is Cc1cnc([C@@H]2CN(C(=O)Cc3c(F)cccc3Cl)CCO2)[nH]1. The molecular weight excluding hydrogens is 321 g/mol. The highest BCUT2D eigenvalue weighted by molar-refractivity contribution is 6.31. The number of carbonyl (C=O) groups is 1. The number of carbonyl (C=O) groups excluding carboxylic acids is 1. The minimum absolute atomic E-state index is 0.0601. The Kier molecular flexibility index (Phi) is 4.63. The van der Waals surface area contributed by atoms with E-state index in [0.29, 0.717) is 25.5 Å². The largest absolute Gasteiger partial charge is 0.367 e. The maximum Gasteiger partial charge on any atom is 0.227 e. The lowest BCUT2D eigenvalue weighted by molar-refractivity contribution is -0.138. The van der Waals surface area contributed by atoms with Crippen molar-refractivity contribution in [3.8, 4) is 0 Å². The zero-order valence-electron chi connectivity index (χ0n) is 12.7. The molecule has 0 bridgehead atoms. The third-order valence-electron chi connectivity index (χ3n) is 3.84. The number of amides is 1. The van der Waals surface area contributed by atoms with E-state index in [-0.39, 0.29) is 29.0 Å². The molecule has 1 aliphatic heterocycles. The fourth-order valence-corrected chi connectivity index (χ4v) is 2.83. The van der Waals surface area contributed by atoms with Crippen LogP contribution in [0.25, 0.3) is 0 Å². The van der Waals surface area contributed by atoms with Crippen LogP contribution in [0.2, 0.25) is 5.02 Å². The number of hydrogen-bond donors (Lipinski definition) is 1. The van der Waals surface area contributed by atoms with Crippen molar-refractivity contribution >= 4 is 17.5 Å². The fraction of sp³-hybridized carbons (Fsp3) is 0.375. The number of aromatic amines is 1. The highest BCUT2D eigenvalue weighted by atomic mass is 35.5. The molecule has 3 rings (SSSR count). The summed E-state index contributed by atoms with van der Waals surface area (Å²) >= 11 is 5.99. The first-order valence-electron chi connectivity index (χ1n) is 7.38. The first kappa shape index (κ1) is 16.0. The summed E-state index contributed by atoms with van der Waals surface area (Å²) in [5, 5.41) is 0.268. The summed E-state index contributed by atoms with van der Waals surface area (Å²) in [5.74, 6) is 0.0646. The molecule has 1 aromatic carbocycles. The third kappa shape index (κ3) is 3.54. The van der Waals surface area contributed by atoms with E-state index in [4.69, 9.17) is 16.3 Å². The standard InChI is InChI=1S/C16H17ClFN3O2/c1-10-8-19-16(20-10)14-9-21(5-6-23-14)15(22)7-11-12(17)3-2-4-13(11)18/h2-4,8,14H,5-7,9H2,1H3,(H,19,20)/t14-/m0/s1. The van der Waals surface area contributed by atoms with Crippen molar-refractivity contribution < 1.29 is 13.9 Å². The molecule has 7 heteroatoms. The third-order valence-corrected chi connectivity index (χ3v) is 4.19. The lowest BCUT2D eigenvalue weighted by atomic mass is 10.1. The Balaban J connectivity index is 1.70. The van der Waals surface area contributed by atoms with Crippen LogP contribution in [-0.2, 0) is 16.0 Å². The molecule has 2 heterocycles. The van der Waals surface area contributed by atoms with Crippen molar-refractivity contribution in [1.29, 1.82) is 0 Å². The quantitative estimate of drug-likeness (QED) is 0.936. The maximum absolute atomic E-state index is 13.8. The molecule has 0 aliphatic carbocycles. The van der Waals surface area contributed by atoms with Crippen molar-refractivity contribution in [2.24, 2.45) is 0 Å². The molecule has 5 nitrogen and oxygen atoms in total. The normalized spacial score (nSPS) is 18.2. The van der Waals surface area contributed by atoms with Crippen molar-refractivity contribution in [3.05, 3.63) is 52.3 Å². The number of aryl methyl sites for hydroxylation is 1. The van der Waals surface area contributed by atoms with Crippen LogP contribution >= 0.6 is 11.6 Å². The maximum atomic E-state index is 13.8. The number of ether oxygens (including phenoxy) is 1. The molecule has 23 heavy (non-hydrogen) atoms. The molecule has 0 radical (unpaired) electrons. The van der Waals surface area contributed by atoms with Crippen molar-refractivity contribution in [1.82, 2.24) is 14.9 Å². The number of nitrogens with one attached hydrogen (secondary N) is 1. The number of benzene rings is 1. The molecule has 1 fully saturated rings. The minimum atomic E-state index is -0.461. The number of hydrogen-bond acceptors (Lipinski definition) is 3. The van der Waals surface area contributed by atoms with E-state index in [1.54, 1.807) is 17.2 Å². The van der Waals surface area contributed by atoms with E-state index in [0.717, 1.165) is 5.69 Å². The summed E-state index contributed by atoms with van der Waals surface area (Å²) in [4.78, 5) is 21.5. The Hall–Kier alpha value is -1.92. The Bertz CT molecular complexity index is 699. The summed E-state index contributed by atoms with van der Waals surface area (Å²) in [6.07, 6.45) is 1.37. The predicted molar refractivity (Wildman–Crippen MR) is 83.7 cm³/mol. The number of imidazole rings is 1. The molecule has 1 saturated heterocycles. The molecule has 1 N–H and O–H groups in total. The lowest BCUT2D eigenvalue weighted by Gasteiger charge is -2.32. The van der Waals surface area contributed by atoms with Crippen molar-refractivity contribution in [2.45, 2.75) is 19.4 Å². The van der Waals surface area contributed by atoms with Gasteiger partial charge < -0.3 is 14.6 Å². The van der Waals surface area contributed by atoms with E-state index in [1.807, 2.05) is 6.92 Å². The van der Waals surface area contributed by atoms with Gasteiger partial charge in [-0.25, -0.2) is 9.37 Å². The molecule has 1 aliphatic rings. The second kappa shape index (κ2) is 6.68. The summed E-state index contributed by atoms with van der Waals surface area (Å²) in [6, 6.07) is 4.42. The summed E-state index contributed by atoms with van der Waals surface area (Å²) in [7, 11) is 0. The highest BCUT2D eigenvalue weighted by Gasteiger charge is 2.27. The summed E-state index contributed by atoms with van der Waals surface area (Å²) in [6.45, 7) is 3.18. The Morgan fingerprint density at radius 1 is 1.57 bits per heavy atom. The van der Waals surface area contributed by atoms with E-state index in [1.165, 1.54) is 12.1 Å². The van der Waals surface area contributed by atoms with Crippen LogP contribution in [0.1, 0.15) is 23.2 Å². The van der Waals surface area contributed by atoms with E-state index >= 15 is 0 Å². The molecule has 0 unspecified atom stereocenters. The monoisotopic (exact) mass is 337 g/mol. The second-order valence-corrected chi connectivity index (χ2v) is 5.93. The molecule has 122 valence electrons. The first-order valence-corrected chi connectivity index (χ1v) is 7.76. The number of halogens is 2. The number of rotatable bonds is 3. The lowest BCUT2D eigenvalue weighted by Crippen LogP contribution is -2.43. The molecule has 0 spiro atoms. The van der Waals surface area contributed by atoms with E-state index < -0.39 is 5.82 Å². The van der Waals surface area contributed by atoms with Crippen LogP contribution in [0.4, 0.5) is 4.39 Å². The van der Waals surface area contributed by atoms with E-state index in [2.05, 4.69) is 9.97 Å².